The van der Waals surface area contributed by atoms with Crippen molar-refractivity contribution in [2.75, 3.05) is 26.2 Å². The third kappa shape index (κ3) is 5.48. The minimum absolute atomic E-state index is 0.0590. The van der Waals surface area contributed by atoms with Crippen LogP contribution in [0.3, 0.4) is 0 Å². The first-order valence-electron chi connectivity index (χ1n) is 11.4. The molecular formula is C26H33N3O2S. The van der Waals surface area contributed by atoms with Crippen molar-refractivity contribution < 1.29 is 9.53 Å². The lowest BCUT2D eigenvalue weighted by molar-refractivity contribution is -0.137. The lowest BCUT2D eigenvalue weighted by atomic mass is 9.98. The predicted octanol–water partition coefficient (Wildman–Crippen LogP) is 5.10. The monoisotopic (exact) mass is 451 g/mol. The van der Waals surface area contributed by atoms with Gasteiger partial charge in [-0.15, -0.1) is 11.3 Å². The molecule has 0 saturated carbocycles. The number of benzene rings is 2. The van der Waals surface area contributed by atoms with E-state index in [0.29, 0.717) is 0 Å². The largest absolute Gasteiger partial charge is 0.481 e. The second-order valence-corrected chi connectivity index (χ2v) is 10.5. The van der Waals surface area contributed by atoms with Crippen molar-refractivity contribution in [2.45, 2.75) is 52.2 Å². The molecule has 1 saturated heterocycles. The van der Waals surface area contributed by atoms with Crippen LogP contribution < -0.4 is 4.74 Å². The molecule has 0 N–H and O–H groups in total. The van der Waals surface area contributed by atoms with Gasteiger partial charge < -0.3 is 9.64 Å². The molecular weight excluding hydrogens is 418 g/mol. The number of hydrogen-bond donors (Lipinski definition) is 0. The molecule has 1 atom stereocenters. The number of aromatic nitrogens is 1. The van der Waals surface area contributed by atoms with E-state index in [9.17, 15) is 4.79 Å². The molecule has 1 aromatic heterocycles. The highest BCUT2D eigenvalue weighted by Gasteiger charge is 2.25. The van der Waals surface area contributed by atoms with Crippen LogP contribution in [0.25, 0.3) is 10.8 Å². The number of hydrogen-bond acceptors (Lipinski definition) is 5. The number of carbonyl (C=O) groups excluding carboxylic acids is 1. The van der Waals surface area contributed by atoms with Crippen LogP contribution in [0.5, 0.6) is 5.75 Å². The first-order valence-corrected chi connectivity index (χ1v) is 12.3. The molecule has 0 spiro atoms. The first kappa shape index (κ1) is 22.7. The van der Waals surface area contributed by atoms with Crippen molar-refractivity contribution in [2.24, 2.45) is 0 Å². The smallest absolute Gasteiger partial charge is 0.263 e. The molecule has 170 valence electrons. The number of fused-ring (bicyclic) bond motifs is 1. The van der Waals surface area contributed by atoms with Gasteiger partial charge in [-0.1, -0.05) is 51.1 Å². The second kappa shape index (κ2) is 9.59. The fourth-order valence-corrected chi connectivity index (χ4v) is 4.95. The maximum Gasteiger partial charge on any atom is 0.263 e. The van der Waals surface area contributed by atoms with E-state index in [0.717, 1.165) is 56.0 Å². The SMILES string of the molecule is CC(Oc1ccc2ccccc2c1)C(=O)N1CCCN(Cc2csc(C(C)(C)C)n2)CC1. The van der Waals surface area contributed by atoms with Gasteiger partial charge in [0.2, 0.25) is 0 Å². The number of rotatable bonds is 5. The molecule has 2 heterocycles. The van der Waals surface area contributed by atoms with E-state index < -0.39 is 6.10 Å². The molecule has 1 fully saturated rings. The van der Waals surface area contributed by atoms with E-state index in [1.54, 1.807) is 11.3 Å². The van der Waals surface area contributed by atoms with Crippen LogP contribution >= 0.6 is 11.3 Å². The van der Waals surface area contributed by atoms with Crippen molar-refractivity contribution in [3.05, 3.63) is 58.5 Å². The molecule has 4 rings (SSSR count). The number of ether oxygens (including phenoxy) is 1. The van der Waals surface area contributed by atoms with E-state index >= 15 is 0 Å². The van der Waals surface area contributed by atoms with Gasteiger partial charge in [0.15, 0.2) is 6.10 Å². The van der Waals surface area contributed by atoms with E-state index in [-0.39, 0.29) is 11.3 Å². The maximum atomic E-state index is 13.1. The van der Waals surface area contributed by atoms with Crippen molar-refractivity contribution in [1.82, 2.24) is 14.8 Å². The Kier molecular flexibility index (Phi) is 6.82. The van der Waals surface area contributed by atoms with Crippen LogP contribution in [-0.4, -0.2) is 53.0 Å². The molecule has 0 bridgehead atoms. The van der Waals surface area contributed by atoms with Crippen LogP contribution in [0.15, 0.2) is 47.8 Å². The third-order valence-corrected chi connectivity index (χ3v) is 7.18. The summed E-state index contributed by atoms with van der Waals surface area (Å²) in [7, 11) is 0. The van der Waals surface area contributed by atoms with Gasteiger partial charge in [0.05, 0.1) is 10.7 Å². The summed E-state index contributed by atoms with van der Waals surface area (Å²) in [5, 5.41) is 5.64. The molecule has 1 aliphatic rings. The van der Waals surface area contributed by atoms with Crippen LogP contribution in [-0.2, 0) is 16.8 Å². The lowest BCUT2D eigenvalue weighted by Gasteiger charge is -2.25. The van der Waals surface area contributed by atoms with Gasteiger partial charge in [-0.3, -0.25) is 9.69 Å². The van der Waals surface area contributed by atoms with Gasteiger partial charge in [0.25, 0.3) is 5.91 Å². The highest BCUT2D eigenvalue weighted by molar-refractivity contribution is 7.09. The van der Waals surface area contributed by atoms with Crippen molar-refractivity contribution in [1.29, 1.82) is 0 Å². The predicted molar refractivity (Wildman–Crippen MR) is 131 cm³/mol. The molecule has 1 amide bonds. The fourth-order valence-electron chi connectivity index (χ4n) is 4.05. The van der Waals surface area contributed by atoms with Crippen molar-refractivity contribution in [3.63, 3.8) is 0 Å². The van der Waals surface area contributed by atoms with E-state index in [4.69, 9.17) is 9.72 Å². The minimum atomic E-state index is -0.504. The second-order valence-electron chi connectivity index (χ2n) is 9.62. The fraction of sp³-hybridized carbons (Fsp3) is 0.462. The van der Waals surface area contributed by atoms with Crippen LogP contribution in [0, 0.1) is 0 Å². The average Bonchev–Trinajstić information content (AvgIpc) is 3.12. The molecule has 1 unspecified atom stereocenters. The Bertz CT molecular complexity index is 1070. The minimum Gasteiger partial charge on any atom is -0.481 e. The van der Waals surface area contributed by atoms with Gasteiger partial charge in [-0.25, -0.2) is 4.98 Å². The Labute approximate surface area is 195 Å². The Hall–Kier alpha value is -2.44. The number of thiazole rings is 1. The molecule has 5 nitrogen and oxygen atoms in total. The Morgan fingerprint density at radius 3 is 2.62 bits per heavy atom. The Balaban J connectivity index is 1.32. The third-order valence-electron chi connectivity index (χ3n) is 5.86. The van der Waals surface area contributed by atoms with E-state index in [1.165, 1.54) is 10.4 Å². The molecule has 1 aliphatic heterocycles. The summed E-state index contributed by atoms with van der Waals surface area (Å²) in [6, 6.07) is 14.2. The normalized spacial score (nSPS) is 16.7. The molecule has 0 radical (unpaired) electrons. The van der Waals surface area contributed by atoms with Gasteiger partial charge in [-0.2, -0.15) is 0 Å². The Morgan fingerprint density at radius 1 is 1.09 bits per heavy atom. The Morgan fingerprint density at radius 2 is 1.88 bits per heavy atom. The maximum absolute atomic E-state index is 13.1. The van der Waals surface area contributed by atoms with E-state index in [2.05, 4.69) is 43.2 Å². The molecule has 2 aromatic carbocycles. The first-order chi connectivity index (χ1) is 15.3. The van der Waals surface area contributed by atoms with Crippen molar-refractivity contribution in [3.8, 4) is 5.75 Å². The summed E-state index contributed by atoms with van der Waals surface area (Å²) in [6.45, 7) is 12.6. The van der Waals surface area contributed by atoms with Crippen LogP contribution in [0.1, 0.15) is 44.8 Å². The highest BCUT2D eigenvalue weighted by atomic mass is 32.1. The average molecular weight is 452 g/mol. The summed E-state index contributed by atoms with van der Waals surface area (Å²) >= 11 is 1.74. The quantitative estimate of drug-likeness (QED) is 0.542. The molecule has 3 aromatic rings. The number of carbonyl (C=O) groups is 1. The van der Waals surface area contributed by atoms with Gasteiger partial charge in [0.1, 0.15) is 5.75 Å². The summed E-state index contributed by atoms with van der Waals surface area (Å²) in [4.78, 5) is 22.3. The molecule has 32 heavy (non-hydrogen) atoms. The number of nitrogens with zero attached hydrogens (tertiary/aromatic N) is 3. The van der Waals surface area contributed by atoms with Gasteiger partial charge in [-0.05, 0) is 36.2 Å². The summed E-state index contributed by atoms with van der Waals surface area (Å²) in [5.74, 6) is 0.794. The summed E-state index contributed by atoms with van der Waals surface area (Å²) in [5.41, 5.74) is 1.22. The lowest BCUT2D eigenvalue weighted by Crippen LogP contribution is -2.42. The number of amides is 1. The zero-order chi connectivity index (χ0) is 22.7. The van der Waals surface area contributed by atoms with E-state index in [1.807, 2.05) is 42.2 Å². The van der Waals surface area contributed by atoms with Crippen molar-refractivity contribution >= 4 is 28.0 Å². The summed E-state index contributed by atoms with van der Waals surface area (Å²) in [6.07, 6.45) is 0.459. The van der Waals surface area contributed by atoms with Gasteiger partial charge in [0, 0.05) is 43.5 Å². The standard InChI is InChI=1S/C26H33N3O2S/c1-19(31-23-11-10-20-8-5-6-9-21(20)16-23)24(30)29-13-7-12-28(14-15-29)17-22-18-32-25(27-22)26(2,3)4/h5-6,8-11,16,18-19H,7,12-15,17H2,1-4H3. The van der Waals surface area contributed by atoms with Crippen LogP contribution in [0.2, 0.25) is 0 Å². The zero-order valence-electron chi connectivity index (χ0n) is 19.5. The van der Waals surface area contributed by atoms with Crippen LogP contribution in [0.4, 0.5) is 0 Å². The topological polar surface area (TPSA) is 45.7 Å². The highest BCUT2D eigenvalue weighted by Crippen LogP contribution is 2.26. The molecule has 0 aliphatic carbocycles. The van der Waals surface area contributed by atoms with Gasteiger partial charge >= 0.3 is 0 Å². The molecule has 6 heteroatoms. The summed E-state index contributed by atoms with van der Waals surface area (Å²) < 4.78 is 6.02. The zero-order valence-corrected chi connectivity index (χ0v) is 20.3.